The molecular formula is C11H20N2O2S. The molecule has 1 N–H and O–H groups in total. The summed E-state index contributed by atoms with van der Waals surface area (Å²) in [4.78, 5) is 14.5. The number of ether oxygens (including phenoxy) is 1. The van der Waals surface area contributed by atoms with Gasteiger partial charge in [0.2, 0.25) is 6.35 Å². The Kier molecular flexibility index (Phi) is 4.68. The minimum atomic E-state index is -0.342. The molecule has 4 nitrogen and oxygen atoms in total. The molecule has 1 atom stereocenters. The van der Waals surface area contributed by atoms with Crippen LogP contribution in [-0.4, -0.2) is 37.1 Å². The fraction of sp³-hybridized carbons (Fsp3) is 0.727. The molecule has 16 heavy (non-hydrogen) atoms. The van der Waals surface area contributed by atoms with E-state index in [0.717, 1.165) is 10.6 Å². The second kappa shape index (κ2) is 5.59. The summed E-state index contributed by atoms with van der Waals surface area (Å²) in [5.41, 5.74) is 0.981. The van der Waals surface area contributed by atoms with Crippen molar-refractivity contribution in [2.24, 2.45) is 5.92 Å². The number of thioether (sulfide) groups is 1. The van der Waals surface area contributed by atoms with Crippen molar-refractivity contribution in [1.82, 2.24) is 10.2 Å². The molecule has 1 rings (SSSR count). The number of amides is 1. The number of hydrogen-bond donors (Lipinski definition) is 1. The fourth-order valence-electron chi connectivity index (χ4n) is 1.61. The fourth-order valence-corrected chi connectivity index (χ4v) is 2.45. The topological polar surface area (TPSA) is 41.6 Å². The smallest absolute Gasteiger partial charge is 0.265 e. The van der Waals surface area contributed by atoms with Crippen LogP contribution in [0.15, 0.2) is 10.6 Å². The summed E-state index contributed by atoms with van der Waals surface area (Å²) in [7, 11) is 1.75. The summed E-state index contributed by atoms with van der Waals surface area (Å²) in [5, 5.41) is 3.28. The Morgan fingerprint density at radius 1 is 1.56 bits per heavy atom. The number of carbonyl (C=O) groups is 1. The lowest BCUT2D eigenvalue weighted by molar-refractivity contribution is -0.143. The second-order valence-electron chi connectivity index (χ2n) is 3.97. The Morgan fingerprint density at radius 3 is 2.62 bits per heavy atom. The van der Waals surface area contributed by atoms with E-state index in [0.29, 0.717) is 12.5 Å². The van der Waals surface area contributed by atoms with Gasteiger partial charge in [-0.05, 0) is 19.1 Å². The molecule has 0 aliphatic carbocycles. The number of likely N-dealkylation sites (N-methyl/N-ethyl adjacent to an activating group) is 1. The van der Waals surface area contributed by atoms with E-state index in [9.17, 15) is 4.79 Å². The van der Waals surface area contributed by atoms with Crippen LogP contribution in [0, 0.1) is 5.92 Å². The van der Waals surface area contributed by atoms with Crippen LogP contribution in [0.5, 0.6) is 0 Å². The van der Waals surface area contributed by atoms with E-state index >= 15 is 0 Å². The monoisotopic (exact) mass is 244 g/mol. The van der Waals surface area contributed by atoms with Crippen LogP contribution in [0.1, 0.15) is 20.8 Å². The van der Waals surface area contributed by atoms with Crippen molar-refractivity contribution in [3.05, 3.63) is 10.6 Å². The minimum Gasteiger partial charge on any atom is -0.345 e. The quantitative estimate of drug-likeness (QED) is 0.815. The SMILES string of the molecule is CCOC1NC(C(C)C)=C(SC)C(=O)N1C. The van der Waals surface area contributed by atoms with Gasteiger partial charge in [0.25, 0.3) is 5.91 Å². The molecule has 1 unspecified atom stereocenters. The van der Waals surface area contributed by atoms with Crippen LogP contribution in [0.3, 0.4) is 0 Å². The van der Waals surface area contributed by atoms with Crippen molar-refractivity contribution in [3.63, 3.8) is 0 Å². The highest BCUT2D eigenvalue weighted by Gasteiger charge is 2.32. The Bertz CT molecular complexity index is 302. The zero-order valence-electron chi connectivity index (χ0n) is 10.5. The van der Waals surface area contributed by atoms with Gasteiger partial charge in [-0.1, -0.05) is 13.8 Å². The van der Waals surface area contributed by atoms with Crippen molar-refractivity contribution in [3.8, 4) is 0 Å². The van der Waals surface area contributed by atoms with E-state index in [4.69, 9.17) is 4.74 Å². The molecule has 1 amide bonds. The van der Waals surface area contributed by atoms with Gasteiger partial charge in [-0.3, -0.25) is 9.69 Å². The number of hydrogen-bond acceptors (Lipinski definition) is 4. The molecule has 1 aliphatic rings. The molecule has 1 heterocycles. The Morgan fingerprint density at radius 2 is 2.19 bits per heavy atom. The lowest BCUT2D eigenvalue weighted by Gasteiger charge is -2.36. The third-order valence-electron chi connectivity index (χ3n) is 2.50. The third kappa shape index (κ3) is 2.52. The van der Waals surface area contributed by atoms with Crippen LogP contribution < -0.4 is 5.32 Å². The van der Waals surface area contributed by atoms with Gasteiger partial charge in [0.1, 0.15) is 0 Å². The van der Waals surface area contributed by atoms with Gasteiger partial charge in [0.05, 0.1) is 4.91 Å². The van der Waals surface area contributed by atoms with Gasteiger partial charge < -0.3 is 10.1 Å². The van der Waals surface area contributed by atoms with E-state index in [1.165, 1.54) is 11.8 Å². The van der Waals surface area contributed by atoms with Gasteiger partial charge in [-0.25, -0.2) is 0 Å². The zero-order valence-corrected chi connectivity index (χ0v) is 11.4. The largest absolute Gasteiger partial charge is 0.345 e. The predicted molar refractivity (Wildman–Crippen MR) is 66.7 cm³/mol. The first-order valence-corrected chi connectivity index (χ1v) is 6.68. The average Bonchev–Trinajstić information content (AvgIpc) is 2.24. The van der Waals surface area contributed by atoms with Crippen LogP contribution >= 0.6 is 11.8 Å². The highest BCUT2D eigenvalue weighted by molar-refractivity contribution is 8.03. The standard InChI is InChI=1S/C11H20N2O2S/c1-6-15-11-12-8(7(2)3)9(16-5)10(14)13(11)4/h7,11-12H,6H2,1-5H3. The van der Waals surface area contributed by atoms with Crippen molar-refractivity contribution >= 4 is 17.7 Å². The lowest BCUT2D eigenvalue weighted by Crippen LogP contribution is -2.53. The summed E-state index contributed by atoms with van der Waals surface area (Å²) < 4.78 is 5.49. The number of carbonyl (C=O) groups excluding carboxylic acids is 1. The molecule has 5 heteroatoms. The van der Waals surface area contributed by atoms with E-state index in [-0.39, 0.29) is 12.3 Å². The summed E-state index contributed by atoms with van der Waals surface area (Å²) in [6, 6.07) is 0. The molecule has 0 spiro atoms. The first-order chi connectivity index (χ1) is 7.52. The molecule has 0 aromatic rings. The molecule has 0 aromatic heterocycles. The first-order valence-electron chi connectivity index (χ1n) is 5.46. The van der Waals surface area contributed by atoms with E-state index in [2.05, 4.69) is 19.2 Å². The summed E-state index contributed by atoms with van der Waals surface area (Å²) in [5.74, 6) is 0.330. The van der Waals surface area contributed by atoms with E-state index < -0.39 is 0 Å². The highest BCUT2D eigenvalue weighted by atomic mass is 32.2. The van der Waals surface area contributed by atoms with Crippen LogP contribution in [0.2, 0.25) is 0 Å². The van der Waals surface area contributed by atoms with Crippen LogP contribution in [-0.2, 0) is 9.53 Å². The molecule has 92 valence electrons. The molecular weight excluding hydrogens is 224 g/mol. The molecule has 0 aromatic carbocycles. The van der Waals surface area contributed by atoms with Gasteiger partial charge in [0, 0.05) is 19.4 Å². The maximum absolute atomic E-state index is 12.1. The third-order valence-corrected chi connectivity index (χ3v) is 3.30. The normalized spacial score (nSPS) is 21.8. The molecule has 0 fully saturated rings. The molecule has 0 bridgehead atoms. The van der Waals surface area contributed by atoms with Gasteiger partial charge in [-0.15, -0.1) is 11.8 Å². The van der Waals surface area contributed by atoms with Crippen LogP contribution in [0.4, 0.5) is 0 Å². The predicted octanol–water partition coefficient (Wildman–Crippen LogP) is 1.60. The lowest BCUT2D eigenvalue weighted by atomic mass is 10.1. The Balaban J connectivity index is 3.01. The van der Waals surface area contributed by atoms with Crippen LogP contribution in [0.25, 0.3) is 0 Å². The van der Waals surface area contributed by atoms with Gasteiger partial charge in [0.15, 0.2) is 0 Å². The summed E-state index contributed by atoms with van der Waals surface area (Å²) >= 11 is 1.48. The average molecular weight is 244 g/mol. The van der Waals surface area contributed by atoms with E-state index in [1.807, 2.05) is 13.2 Å². The summed E-state index contributed by atoms with van der Waals surface area (Å²) in [6.07, 6.45) is 1.58. The van der Waals surface area contributed by atoms with Crippen molar-refractivity contribution in [1.29, 1.82) is 0 Å². The highest BCUT2D eigenvalue weighted by Crippen LogP contribution is 2.27. The minimum absolute atomic E-state index is 0.0356. The zero-order chi connectivity index (χ0) is 12.3. The molecule has 0 saturated heterocycles. The Hall–Kier alpha value is -0.680. The Labute approximate surface area is 101 Å². The number of nitrogens with zero attached hydrogens (tertiary/aromatic N) is 1. The van der Waals surface area contributed by atoms with Gasteiger partial charge in [-0.2, -0.15) is 0 Å². The van der Waals surface area contributed by atoms with Crippen molar-refractivity contribution in [2.75, 3.05) is 19.9 Å². The maximum atomic E-state index is 12.1. The molecule has 0 radical (unpaired) electrons. The van der Waals surface area contributed by atoms with Crippen molar-refractivity contribution in [2.45, 2.75) is 27.1 Å². The number of nitrogens with one attached hydrogen (secondary N) is 1. The summed E-state index contributed by atoms with van der Waals surface area (Å²) in [6.45, 7) is 6.64. The second-order valence-corrected chi connectivity index (χ2v) is 4.79. The number of allylic oxidation sites excluding steroid dienone is 1. The molecule has 1 aliphatic heterocycles. The maximum Gasteiger partial charge on any atom is 0.265 e. The molecule has 0 saturated carbocycles. The van der Waals surface area contributed by atoms with Gasteiger partial charge >= 0.3 is 0 Å². The van der Waals surface area contributed by atoms with Crippen molar-refractivity contribution < 1.29 is 9.53 Å². The number of rotatable bonds is 4. The first kappa shape index (κ1) is 13.4. The van der Waals surface area contributed by atoms with E-state index in [1.54, 1.807) is 11.9 Å².